The SMILES string of the molecule is O=C(Nc1ccc(Cl)cc1Cl)[C@@H]1CC1(c1ccccc1)c1ccccc1. The first-order valence-electron chi connectivity index (χ1n) is 8.48. The van der Waals surface area contributed by atoms with Gasteiger partial charge in [-0.3, -0.25) is 4.79 Å². The van der Waals surface area contributed by atoms with Crippen molar-refractivity contribution in [2.45, 2.75) is 11.8 Å². The number of anilines is 1. The third kappa shape index (κ3) is 3.00. The molecule has 3 aromatic rings. The molecule has 1 aliphatic carbocycles. The molecule has 0 heterocycles. The van der Waals surface area contributed by atoms with Crippen LogP contribution in [0.15, 0.2) is 78.9 Å². The Labute approximate surface area is 162 Å². The average molecular weight is 382 g/mol. The second-order valence-corrected chi connectivity index (χ2v) is 7.42. The first-order chi connectivity index (χ1) is 12.6. The average Bonchev–Trinajstić information content (AvgIpc) is 3.43. The number of carbonyl (C=O) groups excluding carboxylic acids is 1. The van der Waals surface area contributed by atoms with Gasteiger partial charge < -0.3 is 5.32 Å². The lowest BCUT2D eigenvalue weighted by molar-refractivity contribution is -0.117. The molecule has 0 unspecified atom stereocenters. The minimum absolute atomic E-state index is 0.0260. The van der Waals surface area contributed by atoms with Crippen molar-refractivity contribution in [2.75, 3.05) is 5.32 Å². The monoisotopic (exact) mass is 381 g/mol. The number of hydrogen-bond acceptors (Lipinski definition) is 1. The normalized spacial score (nSPS) is 17.5. The van der Waals surface area contributed by atoms with Crippen molar-refractivity contribution in [3.05, 3.63) is 100 Å². The molecule has 1 saturated carbocycles. The van der Waals surface area contributed by atoms with Crippen LogP contribution in [0.3, 0.4) is 0 Å². The minimum Gasteiger partial charge on any atom is -0.324 e. The number of amides is 1. The first kappa shape index (κ1) is 17.1. The lowest BCUT2D eigenvalue weighted by atomic mass is 9.85. The fraction of sp³-hybridized carbons (Fsp3) is 0.136. The second kappa shape index (κ2) is 6.79. The Kier molecular flexibility index (Phi) is 4.47. The third-order valence-electron chi connectivity index (χ3n) is 5.04. The summed E-state index contributed by atoms with van der Waals surface area (Å²) in [5.74, 6) is -0.166. The van der Waals surface area contributed by atoms with Crippen LogP contribution in [0.25, 0.3) is 0 Å². The van der Waals surface area contributed by atoms with E-state index in [0.717, 1.165) is 17.5 Å². The molecule has 4 heteroatoms. The lowest BCUT2D eigenvalue weighted by Gasteiger charge is -2.19. The van der Waals surface area contributed by atoms with Gasteiger partial charge in [-0.15, -0.1) is 0 Å². The highest BCUT2D eigenvalue weighted by Gasteiger charge is 2.60. The molecule has 3 aromatic carbocycles. The zero-order valence-electron chi connectivity index (χ0n) is 14.0. The van der Waals surface area contributed by atoms with Gasteiger partial charge in [0.2, 0.25) is 5.91 Å². The Morgan fingerprint density at radius 3 is 2.00 bits per heavy atom. The molecule has 0 bridgehead atoms. The first-order valence-corrected chi connectivity index (χ1v) is 9.24. The standard InChI is InChI=1S/C22H17Cl2NO/c23-17-11-12-20(19(24)13-17)25-21(26)18-14-22(18,15-7-3-1-4-8-15)16-9-5-2-6-10-16/h1-13,18H,14H2,(H,25,26)/t18-/m0/s1. The zero-order chi connectivity index (χ0) is 18.1. The zero-order valence-corrected chi connectivity index (χ0v) is 15.5. The van der Waals surface area contributed by atoms with E-state index in [1.54, 1.807) is 18.2 Å². The molecule has 0 aromatic heterocycles. The Morgan fingerprint density at radius 1 is 0.885 bits per heavy atom. The molecule has 26 heavy (non-hydrogen) atoms. The second-order valence-electron chi connectivity index (χ2n) is 6.57. The van der Waals surface area contributed by atoms with Gasteiger partial charge in [0.1, 0.15) is 0 Å². The van der Waals surface area contributed by atoms with E-state index in [0.29, 0.717) is 15.7 Å². The van der Waals surface area contributed by atoms with E-state index < -0.39 is 0 Å². The molecule has 0 saturated heterocycles. The van der Waals surface area contributed by atoms with Gasteiger partial charge in [0.05, 0.1) is 16.6 Å². The van der Waals surface area contributed by atoms with Crippen molar-refractivity contribution >= 4 is 34.8 Å². The van der Waals surface area contributed by atoms with Crippen LogP contribution in [0.5, 0.6) is 0 Å². The van der Waals surface area contributed by atoms with Gasteiger partial charge in [0.15, 0.2) is 0 Å². The molecule has 0 spiro atoms. The molecule has 1 amide bonds. The van der Waals surface area contributed by atoms with Crippen molar-refractivity contribution in [2.24, 2.45) is 5.92 Å². The smallest absolute Gasteiger partial charge is 0.228 e. The van der Waals surface area contributed by atoms with Crippen molar-refractivity contribution in [1.82, 2.24) is 0 Å². The topological polar surface area (TPSA) is 29.1 Å². The summed E-state index contributed by atoms with van der Waals surface area (Å²) in [5, 5.41) is 3.95. The summed E-state index contributed by atoms with van der Waals surface area (Å²) in [6, 6.07) is 25.5. The van der Waals surface area contributed by atoms with Gasteiger partial charge in [-0.05, 0) is 35.7 Å². The van der Waals surface area contributed by atoms with Gasteiger partial charge in [-0.2, -0.15) is 0 Å². The van der Waals surface area contributed by atoms with E-state index in [-0.39, 0.29) is 17.2 Å². The number of rotatable bonds is 4. The molecule has 1 atom stereocenters. The van der Waals surface area contributed by atoms with Crippen LogP contribution in [0.4, 0.5) is 5.69 Å². The molecule has 2 nitrogen and oxygen atoms in total. The van der Waals surface area contributed by atoms with Gasteiger partial charge in [0, 0.05) is 10.4 Å². The van der Waals surface area contributed by atoms with Gasteiger partial charge >= 0.3 is 0 Å². The van der Waals surface area contributed by atoms with E-state index in [1.807, 2.05) is 36.4 Å². The van der Waals surface area contributed by atoms with E-state index in [4.69, 9.17) is 23.2 Å². The summed E-state index contributed by atoms with van der Waals surface area (Å²) in [4.78, 5) is 13.0. The summed E-state index contributed by atoms with van der Waals surface area (Å²) in [6.45, 7) is 0. The Balaban J connectivity index is 1.65. The lowest BCUT2D eigenvalue weighted by Crippen LogP contribution is -2.22. The summed E-state index contributed by atoms with van der Waals surface area (Å²) in [6.07, 6.45) is 0.776. The van der Waals surface area contributed by atoms with Crippen molar-refractivity contribution < 1.29 is 4.79 Å². The van der Waals surface area contributed by atoms with Crippen LogP contribution in [0, 0.1) is 5.92 Å². The summed E-state index contributed by atoms with van der Waals surface area (Å²) in [7, 11) is 0. The van der Waals surface area contributed by atoms with E-state index in [9.17, 15) is 4.79 Å². The molecular weight excluding hydrogens is 365 g/mol. The van der Waals surface area contributed by atoms with Gasteiger partial charge in [0.25, 0.3) is 0 Å². The maximum atomic E-state index is 13.0. The number of halogens is 2. The summed E-state index contributed by atoms with van der Waals surface area (Å²) >= 11 is 12.1. The third-order valence-corrected chi connectivity index (χ3v) is 5.59. The van der Waals surface area contributed by atoms with Gasteiger partial charge in [-0.1, -0.05) is 83.9 Å². The van der Waals surface area contributed by atoms with E-state index in [2.05, 4.69) is 29.6 Å². The largest absolute Gasteiger partial charge is 0.324 e. The molecule has 1 N–H and O–H groups in total. The van der Waals surface area contributed by atoms with E-state index >= 15 is 0 Å². The minimum atomic E-state index is -0.286. The number of carbonyl (C=O) groups is 1. The van der Waals surface area contributed by atoms with Gasteiger partial charge in [-0.25, -0.2) is 0 Å². The van der Waals surface area contributed by atoms with Crippen LogP contribution in [-0.4, -0.2) is 5.91 Å². The fourth-order valence-corrected chi connectivity index (χ4v) is 4.12. The molecule has 0 aliphatic heterocycles. The maximum Gasteiger partial charge on any atom is 0.228 e. The fourth-order valence-electron chi connectivity index (χ4n) is 3.67. The van der Waals surface area contributed by atoms with Crippen molar-refractivity contribution in [3.63, 3.8) is 0 Å². The molecule has 1 aliphatic rings. The van der Waals surface area contributed by atoms with Crippen molar-refractivity contribution in [1.29, 1.82) is 0 Å². The Bertz CT molecular complexity index is 901. The number of hydrogen-bond donors (Lipinski definition) is 1. The highest BCUT2D eigenvalue weighted by Crippen LogP contribution is 2.59. The van der Waals surface area contributed by atoms with Crippen LogP contribution in [0.2, 0.25) is 10.0 Å². The summed E-state index contributed by atoms with van der Waals surface area (Å²) in [5.41, 5.74) is 2.62. The maximum absolute atomic E-state index is 13.0. The highest BCUT2D eigenvalue weighted by atomic mass is 35.5. The van der Waals surface area contributed by atoms with Crippen LogP contribution in [0.1, 0.15) is 17.5 Å². The quantitative estimate of drug-likeness (QED) is 0.595. The van der Waals surface area contributed by atoms with E-state index in [1.165, 1.54) is 0 Å². The molecular formula is C22H17Cl2NO. The van der Waals surface area contributed by atoms with Crippen LogP contribution in [-0.2, 0) is 10.2 Å². The van der Waals surface area contributed by atoms with Crippen LogP contribution < -0.4 is 5.32 Å². The highest BCUT2D eigenvalue weighted by molar-refractivity contribution is 6.36. The predicted molar refractivity (Wildman–Crippen MR) is 107 cm³/mol. The Morgan fingerprint density at radius 2 is 1.46 bits per heavy atom. The predicted octanol–water partition coefficient (Wildman–Crippen LogP) is 5.94. The summed E-state index contributed by atoms with van der Waals surface area (Å²) < 4.78 is 0. The van der Waals surface area contributed by atoms with Crippen LogP contribution >= 0.6 is 23.2 Å². The molecule has 4 rings (SSSR count). The number of nitrogens with one attached hydrogen (secondary N) is 1. The Hall–Kier alpha value is -2.29. The molecule has 130 valence electrons. The molecule has 1 fully saturated rings. The number of benzene rings is 3. The van der Waals surface area contributed by atoms with Crippen molar-refractivity contribution in [3.8, 4) is 0 Å². The molecule has 0 radical (unpaired) electrons.